The normalized spacial score (nSPS) is 13.5. The highest BCUT2D eigenvalue weighted by molar-refractivity contribution is 5.25. The third-order valence-electron chi connectivity index (χ3n) is 1.77. The van der Waals surface area contributed by atoms with E-state index in [1.54, 1.807) is 6.08 Å². The Kier molecular flexibility index (Phi) is 6.70. The summed E-state index contributed by atoms with van der Waals surface area (Å²) in [6, 6.07) is 0. The van der Waals surface area contributed by atoms with Gasteiger partial charge in [0.15, 0.2) is 0 Å². The van der Waals surface area contributed by atoms with E-state index in [0.717, 1.165) is 12.1 Å². The van der Waals surface area contributed by atoms with Crippen molar-refractivity contribution in [3.05, 3.63) is 48.2 Å². The molecule has 1 nitrogen and oxygen atoms in total. The Morgan fingerprint density at radius 2 is 2.08 bits per heavy atom. The summed E-state index contributed by atoms with van der Waals surface area (Å²) in [7, 11) is 1.92. The molecular formula is C12H19N. The van der Waals surface area contributed by atoms with Crippen molar-refractivity contribution in [3.63, 3.8) is 0 Å². The largest absolute Gasteiger partial charge is 0.388 e. The summed E-state index contributed by atoms with van der Waals surface area (Å²) in [5.41, 5.74) is 2.49. The average molecular weight is 177 g/mol. The Balaban J connectivity index is 4.41. The minimum Gasteiger partial charge on any atom is -0.388 e. The monoisotopic (exact) mass is 177 g/mol. The van der Waals surface area contributed by atoms with Crippen LogP contribution in [-0.2, 0) is 0 Å². The van der Waals surface area contributed by atoms with Crippen LogP contribution in [0.25, 0.3) is 0 Å². The highest BCUT2D eigenvalue weighted by Crippen LogP contribution is 2.02. The van der Waals surface area contributed by atoms with Crippen molar-refractivity contribution in [1.29, 1.82) is 0 Å². The van der Waals surface area contributed by atoms with Gasteiger partial charge >= 0.3 is 0 Å². The quantitative estimate of drug-likeness (QED) is 0.636. The average Bonchev–Trinajstić information content (AvgIpc) is 2.16. The highest BCUT2D eigenvalue weighted by atomic mass is 14.8. The Bertz CT molecular complexity index is 232. The van der Waals surface area contributed by atoms with E-state index in [9.17, 15) is 0 Å². The van der Waals surface area contributed by atoms with Gasteiger partial charge in [-0.2, -0.15) is 0 Å². The van der Waals surface area contributed by atoms with Gasteiger partial charge in [0.25, 0.3) is 0 Å². The van der Waals surface area contributed by atoms with E-state index in [2.05, 4.69) is 31.8 Å². The van der Waals surface area contributed by atoms with Crippen LogP contribution in [0.3, 0.4) is 0 Å². The molecule has 13 heavy (non-hydrogen) atoms. The second-order valence-corrected chi connectivity index (χ2v) is 2.84. The van der Waals surface area contributed by atoms with E-state index in [4.69, 9.17) is 0 Å². The van der Waals surface area contributed by atoms with E-state index in [0.29, 0.717) is 0 Å². The van der Waals surface area contributed by atoms with Gasteiger partial charge in [0.1, 0.15) is 0 Å². The zero-order valence-electron chi connectivity index (χ0n) is 8.80. The Morgan fingerprint density at radius 1 is 1.38 bits per heavy atom. The van der Waals surface area contributed by atoms with Gasteiger partial charge in [0.2, 0.25) is 0 Å². The van der Waals surface area contributed by atoms with E-state index in [-0.39, 0.29) is 0 Å². The van der Waals surface area contributed by atoms with E-state index in [1.165, 1.54) is 5.57 Å². The summed E-state index contributed by atoms with van der Waals surface area (Å²) in [4.78, 5) is 0. The molecule has 0 heterocycles. The Labute approximate surface area is 81.5 Å². The first-order valence-electron chi connectivity index (χ1n) is 4.58. The minimum absolute atomic E-state index is 1.09. The van der Waals surface area contributed by atoms with Gasteiger partial charge in [0.05, 0.1) is 0 Å². The summed E-state index contributed by atoms with van der Waals surface area (Å²) in [6.45, 7) is 7.89. The van der Waals surface area contributed by atoms with Crippen LogP contribution in [0.1, 0.15) is 20.3 Å². The molecule has 0 aromatic carbocycles. The second kappa shape index (κ2) is 7.41. The van der Waals surface area contributed by atoms with Crippen LogP contribution in [0.15, 0.2) is 48.2 Å². The van der Waals surface area contributed by atoms with Crippen LogP contribution in [0.5, 0.6) is 0 Å². The number of allylic oxidation sites excluding steroid dienone is 6. The van der Waals surface area contributed by atoms with Crippen molar-refractivity contribution in [2.45, 2.75) is 20.3 Å². The summed E-state index contributed by atoms with van der Waals surface area (Å²) in [5.74, 6) is 0. The molecule has 0 spiro atoms. The lowest BCUT2D eigenvalue weighted by Gasteiger charge is -2.01. The van der Waals surface area contributed by atoms with Crippen molar-refractivity contribution in [3.8, 4) is 0 Å². The standard InChI is InChI=1S/C12H19N/c1-5-7-8-9-12(13-4)10-11(3)6-2/h5,7-10,13H,1,6H2,2-4H3/b8-7+,11-10+,12-9+. The molecule has 0 aromatic heterocycles. The molecule has 1 heteroatoms. The molecule has 0 radical (unpaired) electrons. The molecule has 0 amide bonds. The van der Waals surface area contributed by atoms with Crippen LogP contribution >= 0.6 is 0 Å². The third-order valence-corrected chi connectivity index (χ3v) is 1.77. The van der Waals surface area contributed by atoms with Crippen LogP contribution < -0.4 is 5.32 Å². The number of likely N-dealkylation sites (N-methyl/N-ethyl adjacent to an activating group) is 1. The van der Waals surface area contributed by atoms with E-state index in [1.807, 2.05) is 25.3 Å². The zero-order chi connectivity index (χ0) is 10.1. The summed E-state index contributed by atoms with van der Waals surface area (Å²) >= 11 is 0. The van der Waals surface area contributed by atoms with Crippen LogP contribution in [0.2, 0.25) is 0 Å². The molecule has 0 aliphatic rings. The lowest BCUT2D eigenvalue weighted by molar-refractivity contribution is 1.01. The molecule has 0 fully saturated rings. The van der Waals surface area contributed by atoms with E-state index >= 15 is 0 Å². The fourth-order valence-electron chi connectivity index (χ4n) is 0.809. The molecule has 0 aromatic rings. The fourth-order valence-corrected chi connectivity index (χ4v) is 0.809. The van der Waals surface area contributed by atoms with Crippen molar-refractivity contribution in [2.24, 2.45) is 0 Å². The first kappa shape index (κ1) is 11.8. The topological polar surface area (TPSA) is 12.0 Å². The number of rotatable bonds is 5. The lowest BCUT2D eigenvalue weighted by atomic mass is 10.2. The van der Waals surface area contributed by atoms with Crippen molar-refractivity contribution >= 4 is 0 Å². The zero-order valence-corrected chi connectivity index (χ0v) is 8.80. The molecule has 0 unspecified atom stereocenters. The smallest absolute Gasteiger partial charge is 0.0336 e. The van der Waals surface area contributed by atoms with Crippen molar-refractivity contribution < 1.29 is 0 Å². The molecule has 0 aliphatic carbocycles. The summed E-state index contributed by atoms with van der Waals surface area (Å²) in [6.07, 6.45) is 10.9. The van der Waals surface area contributed by atoms with Gasteiger partial charge in [-0.1, -0.05) is 37.3 Å². The van der Waals surface area contributed by atoms with Gasteiger partial charge < -0.3 is 5.32 Å². The Morgan fingerprint density at radius 3 is 2.54 bits per heavy atom. The first-order valence-corrected chi connectivity index (χ1v) is 4.58. The second-order valence-electron chi connectivity index (χ2n) is 2.84. The van der Waals surface area contributed by atoms with Gasteiger partial charge in [0, 0.05) is 12.7 Å². The molecule has 0 bridgehead atoms. The van der Waals surface area contributed by atoms with Gasteiger partial charge in [-0.15, -0.1) is 0 Å². The number of hydrogen-bond acceptors (Lipinski definition) is 1. The molecule has 0 saturated heterocycles. The highest BCUT2D eigenvalue weighted by Gasteiger charge is 1.87. The molecule has 0 saturated carbocycles. The third kappa shape index (κ3) is 5.97. The molecule has 1 N–H and O–H groups in total. The summed E-state index contributed by atoms with van der Waals surface area (Å²) < 4.78 is 0. The maximum absolute atomic E-state index is 3.61. The molecule has 0 rings (SSSR count). The molecule has 0 atom stereocenters. The first-order chi connectivity index (χ1) is 6.24. The predicted molar refractivity (Wildman–Crippen MR) is 60.5 cm³/mol. The predicted octanol–water partition coefficient (Wildman–Crippen LogP) is 3.19. The minimum atomic E-state index is 1.09. The van der Waals surface area contributed by atoms with Gasteiger partial charge in [-0.25, -0.2) is 0 Å². The maximum atomic E-state index is 3.61. The molecular weight excluding hydrogens is 158 g/mol. The van der Waals surface area contributed by atoms with Gasteiger partial charge in [-0.05, 0) is 25.5 Å². The van der Waals surface area contributed by atoms with Crippen LogP contribution in [0.4, 0.5) is 0 Å². The maximum Gasteiger partial charge on any atom is 0.0336 e. The van der Waals surface area contributed by atoms with Crippen LogP contribution in [-0.4, -0.2) is 7.05 Å². The SMILES string of the molecule is C=C/C=C/C=C(\C=C(/C)CC)NC. The van der Waals surface area contributed by atoms with Gasteiger partial charge in [-0.3, -0.25) is 0 Å². The van der Waals surface area contributed by atoms with Crippen molar-refractivity contribution in [1.82, 2.24) is 5.32 Å². The number of nitrogens with one attached hydrogen (secondary N) is 1. The molecule has 72 valence electrons. The van der Waals surface area contributed by atoms with E-state index < -0.39 is 0 Å². The molecule has 0 aliphatic heterocycles. The number of hydrogen-bond donors (Lipinski definition) is 1. The fraction of sp³-hybridized carbons (Fsp3) is 0.333. The van der Waals surface area contributed by atoms with Crippen molar-refractivity contribution in [2.75, 3.05) is 7.05 Å². The summed E-state index contributed by atoms with van der Waals surface area (Å²) in [5, 5.41) is 3.13. The lowest BCUT2D eigenvalue weighted by Crippen LogP contribution is -2.02. The van der Waals surface area contributed by atoms with Crippen LogP contribution in [0, 0.1) is 0 Å². The Hall–Kier alpha value is -1.24.